The number of rotatable bonds is 8. The van der Waals surface area contributed by atoms with Crippen LogP contribution in [-0.2, 0) is 9.59 Å². The van der Waals surface area contributed by atoms with Crippen molar-refractivity contribution in [2.45, 2.75) is 6.04 Å². The normalized spacial score (nSPS) is 10.6. The summed E-state index contributed by atoms with van der Waals surface area (Å²) >= 11 is 1.23. The van der Waals surface area contributed by atoms with E-state index >= 15 is 0 Å². The van der Waals surface area contributed by atoms with Crippen molar-refractivity contribution in [1.82, 2.24) is 5.32 Å². The Morgan fingerprint density at radius 2 is 1.28 bits per heavy atom. The van der Waals surface area contributed by atoms with Crippen molar-refractivity contribution in [3.8, 4) is 0 Å². The molecule has 0 saturated heterocycles. The molecule has 2 N–H and O–H groups in total. The van der Waals surface area contributed by atoms with E-state index in [4.69, 9.17) is 0 Å². The van der Waals surface area contributed by atoms with E-state index < -0.39 is 0 Å². The average molecular weight is 408 g/mol. The largest absolute Gasteiger partial charge is 0.344 e. The van der Waals surface area contributed by atoms with Gasteiger partial charge in [0.2, 0.25) is 11.8 Å². The lowest BCUT2D eigenvalue weighted by molar-refractivity contribution is -0.119. The lowest BCUT2D eigenvalue weighted by Gasteiger charge is -2.20. The number of carbonyl (C=O) groups is 2. The summed E-state index contributed by atoms with van der Waals surface area (Å²) in [6, 6.07) is 24.8. The fourth-order valence-electron chi connectivity index (χ4n) is 2.82. The van der Waals surface area contributed by atoms with E-state index in [-0.39, 0.29) is 35.2 Å². The van der Waals surface area contributed by atoms with Crippen molar-refractivity contribution < 1.29 is 14.0 Å². The van der Waals surface area contributed by atoms with E-state index in [0.717, 1.165) is 11.1 Å². The zero-order chi connectivity index (χ0) is 20.5. The maximum atomic E-state index is 12.9. The molecule has 4 nitrogen and oxygen atoms in total. The van der Waals surface area contributed by atoms with Gasteiger partial charge in [0, 0.05) is 5.69 Å². The highest BCUT2D eigenvalue weighted by molar-refractivity contribution is 8.00. The second-order valence-corrected chi connectivity index (χ2v) is 7.36. The summed E-state index contributed by atoms with van der Waals surface area (Å²) in [5, 5.41) is 5.72. The van der Waals surface area contributed by atoms with E-state index in [1.54, 1.807) is 0 Å². The predicted octanol–water partition coefficient (Wildman–Crippen LogP) is 4.40. The van der Waals surface area contributed by atoms with Gasteiger partial charge in [0.25, 0.3) is 0 Å². The van der Waals surface area contributed by atoms with Crippen LogP contribution in [0.5, 0.6) is 0 Å². The fraction of sp³-hybridized carbons (Fsp3) is 0.130. The standard InChI is InChI=1S/C23H21FN2O2S/c24-19-11-13-20(14-12-19)25-21(27)15-29-16-22(28)26-23(17-7-3-1-4-8-17)18-9-5-2-6-10-18/h1-14,23H,15-16H2,(H,25,27)(H,26,28). The van der Waals surface area contributed by atoms with Crippen LogP contribution in [0.1, 0.15) is 17.2 Å². The zero-order valence-electron chi connectivity index (χ0n) is 15.7. The van der Waals surface area contributed by atoms with Gasteiger partial charge in [0.1, 0.15) is 5.82 Å². The molecular formula is C23H21FN2O2S. The number of nitrogens with one attached hydrogen (secondary N) is 2. The van der Waals surface area contributed by atoms with E-state index in [1.165, 1.54) is 36.0 Å². The molecule has 0 atom stereocenters. The summed E-state index contributed by atoms with van der Waals surface area (Å²) in [5.74, 6) is -0.459. The third-order valence-corrected chi connectivity index (χ3v) is 5.10. The minimum absolute atomic E-state index is 0.131. The first-order chi connectivity index (χ1) is 14.1. The Hall–Kier alpha value is -3.12. The van der Waals surface area contributed by atoms with Gasteiger partial charge in [-0.3, -0.25) is 9.59 Å². The molecule has 3 rings (SSSR count). The molecule has 0 fully saturated rings. The molecular weight excluding hydrogens is 387 g/mol. The summed E-state index contributed by atoms with van der Waals surface area (Å²) < 4.78 is 12.9. The summed E-state index contributed by atoms with van der Waals surface area (Å²) in [4.78, 5) is 24.5. The second kappa shape index (κ2) is 10.4. The number of amides is 2. The molecule has 0 aromatic heterocycles. The number of benzene rings is 3. The molecule has 0 saturated carbocycles. The zero-order valence-corrected chi connectivity index (χ0v) is 16.5. The van der Waals surface area contributed by atoms with Gasteiger partial charge in [-0.15, -0.1) is 11.8 Å². The molecule has 0 heterocycles. The Bertz CT molecular complexity index is 895. The van der Waals surface area contributed by atoms with Gasteiger partial charge >= 0.3 is 0 Å². The smallest absolute Gasteiger partial charge is 0.234 e. The maximum absolute atomic E-state index is 12.9. The van der Waals surface area contributed by atoms with Gasteiger partial charge < -0.3 is 10.6 Å². The molecule has 0 aliphatic heterocycles. The van der Waals surface area contributed by atoms with Crippen molar-refractivity contribution >= 4 is 29.3 Å². The number of halogens is 1. The first-order valence-electron chi connectivity index (χ1n) is 9.14. The quantitative estimate of drug-likeness (QED) is 0.581. The Kier molecular flexibility index (Phi) is 7.41. The minimum Gasteiger partial charge on any atom is -0.344 e. The van der Waals surface area contributed by atoms with Crippen LogP contribution >= 0.6 is 11.8 Å². The summed E-state index contributed by atoms with van der Waals surface area (Å²) in [6.45, 7) is 0. The lowest BCUT2D eigenvalue weighted by atomic mass is 9.99. The number of hydrogen-bond donors (Lipinski definition) is 2. The monoisotopic (exact) mass is 408 g/mol. The molecule has 3 aromatic rings. The number of carbonyl (C=O) groups excluding carboxylic acids is 2. The van der Waals surface area contributed by atoms with Gasteiger partial charge in [0.15, 0.2) is 0 Å². The fourth-order valence-corrected chi connectivity index (χ4v) is 3.45. The Morgan fingerprint density at radius 3 is 1.83 bits per heavy atom. The van der Waals surface area contributed by atoms with Crippen LogP contribution < -0.4 is 10.6 Å². The lowest BCUT2D eigenvalue weighted by Crippen LogP contribution is -2.31. The van der Waals surface area contributed by atoms with Crippen molar-refractivity contribution in [2.75, 3.05) is 16.8 Å². The Labute approximate surface area is 173 Å². The molecule has 0 unspecified atom stereocenters. The first-order valence-corrected chi connectivity index (χ1v) is 10.3. The molecule has 3 aromatic carbocycles. The maximum Gasteiger partial charge on any atom is 0.234 e. The molecule has 0 aliphatic carbocycles. The third-order valence-electron chi connectivity index (χ3n) is 4.17. The Morgan fingerprint density at radius 1 is 0.759 bits per heavy atom. The minimum atomic E-state index is -0.361. The van der Waals surface area contributed by atoms with Crippen molar-refractivity contribution in [3.05, 3.63) is 102 Å². The van der Waals surface area contributed by atoms with Crippen LogP contribution in [0.3, 0.4) is 0 Å². The highest BCUT2D eigenvalue weighted by Crippen LogP contribution is 2.22. The topological polar surface area (TPSA) is 58.2 Å². The van der Waals surface area contributed by atoms with E-state index in [9.17, 15) is 14.0 Å². The third kappa shape index (κ3) is 6.47. The van der Waals surface area contributed by atoms with Crippen LogP contribution in [0.25, 0.3) is 0 Å². The highest BCUT2D eigenvalue weighted by atomic mass is 32.2. The number of thioether (sulfide) groups is 1. The molecule has 148 valence electrons. The van der Waals surface area contributed by atoms with Gasteiger partial charge in [-0.2, -0.15) is 0 Å². The predicted molar refractivity (Wildman–Crippen MR) is 115 cm³/mol. The first kappa shape index (κ1) is 20.6. The molecule has 0 aliphatic rings. The Balaban J connectivity index is 1.52. The van der Waals surface area contributed by atoms with Crippen molar-refractivity contribution in [3.63, 3.8) is 0 Å². The van der Waals surface area contributed by atoms with Gasteiger partial charge in [-0.05, 0) is 35.4 Å². The van der Waals surface area contributed by atoms with Crippen LogP contribution in [0.4, 0.5) is 10.1 Å². The SMILES string of the molecule is O=C(CSCC(=O)NC(c1ccccc1)c1ccccc1)Nc1ccc(F)cc1. The van der Waals surface area contributed by atoms with Gasteiger partial charge in [0.05, 0.1) is 17.5 Å². The van der Waals surface area contributed by atoms with E-state index in [1.807, 2.05) is 60.7 Å². The molecule has 6 heteroatoms. The summed E-state index contributed by atoms with van der Waals surface area (Å²) in [5.41, 5.74) is 2.51. The second-order valence-electron chi connectivity index (χ2n) is 6.37. The molecule has 0 radical (unpaired) electrons. The van der Waals surface area contributed by atoms with Crippen molar-refractivity contribution in [1.29, 1.82) is 0 Å². The molecule has 0 bridgehead atoms. The number of hydrogen-bond acceptors (Lipinski definition) is 3. The summed E-state index contributed by atoms with van der Waals surface area (Å²) in [6.07, 6.45) is 0. The van der Waals surface area contributed by atoms with Crippen molar-refractivity contribution in [2.24, 2.45) is 0 Å². The summed E-state index contributed by atoms with van der Waals surface area (Å²) in [7, 11) is 0. The molecule has 0 spiro atoms. The van der Waals surface area contributed by atoms with Crippen LogP contribution in [-0.4, -0.2) is 23.3 Å². The average Bonchev–Trinajstić information content (AvgIpc) is 2.75. The molecule has 2 amide bonds. The van der Waals surface area contributed by atoms with E-state index in [2.05, 4.69) is 10.6 Å². The van der Waals surface area contributed by atoms with Gasteiger partial charge in [-0.1, -0.05) is 60.7 Å². The van der Waals surface area contributed by atoms with E-state index in [0.29, 0.717) is 5.69 Å². The van der Waals surface area contributed by atoms with Crippen LogP contribution in [0, 0.1) is 5.82 Å². The number of anilines is 1. The van der Waals surface area contributed by atoms with Gasteiger partial charge in [-0.25, -0.2) is 4.39 Å². The van der Waals surface area contributed by atoms with Crippen LogP contribution in [0.2, 0.25) is 0 Å². The highest BCUT2D eigenvalue weighted by Gasteiger charge is 2.16. The van der Waals surface area contributed by atoms with Crippen LogP contribution in [0.15, 0.2) is 84.9 Å². The molecule has 29 heavy (non-hydrogen) atoms.